The zero-order valence-corrected chi connectivity index (χ0v) is 20.9. The summed E-state index contributed by atoms with van der Waals surface area (Å²) in [7, 11) is -7.89. The lowest BCUT2D eigenvalue weighted by Crippen LogP contribution is -2.48. The zero-order chi connectivity index (χ0) is 24.1. The van der Waals surface area contributed by atoms with Crippen molar-refractivity contribution < 1.29 is 25.2 Å². The predicted octanol–water partition coefficient (Wildman–Crippen LogP) is 4.63. The van der Waals surface area contributed by atoms with Crippen LogP contribution in [-0.4, -0.2) is 30.0 Å². The Bertz CT molecular complexity index is 1160. The van der Waals surface area contributed by atoms with Gasteiger partial charge in [-0.25, -0.2) is 0 Å². The van der Waals surface area contributed by atoms with Crippen molar-refractivity contribution in [3.8, 4) is 0 Å². The molecular formula is C25H30O6S2. The fraction of sp³-hybridized carbons (Fsp3) is 0.440. The Morgan fingerprint density at radius 3 is 1.36 bits per heavy atom. The van der Waals surface area contributed by atoms with E-state index >= 15 is 0 Å². The van der Waals surface area contributed by atoms with E-state index in [1.807, 2.05) is 27.7 Å². The van der Waals surface area contributed by atoms with Crippen LogP contribution >= 0.6 is 0 Å². The fourth-order valence-corrected chi connectivity index (χ4v) is 6.99. The number of aryl methyl sites for hydroxylation is 2. The molecule has 0 N–H and O–H groups in total. The Balaban J connectivity index is 1.55. The normalized spacial score (nSPS) is 29.0. The minimum Gasteiger partial charge on any atom is -0.266 e. The topological polar surface area (TPSA) is 86.7 Å². The summed E-state index contributed by atoms with van der Waals surface area (Å²) < 4.78 is 62.4. The van der Waals surface area contributed by atoms with Crippen molar-refractivity contribution in [1.29, 1.82) is 0 Å². The zero-order valence-electron chi connectivity index (χ0n) is 19.3. The smallest absolute Gasteiger partial charge is 0.266 e. The van der Waals surface area contributed by atoms with E-state index in [4.69, 9.17) is 8.37 Å². The maximum atomic E-state index is 12.8. The van der Waals surface area contributed by atoms with Crippen LogP contribution in [-0.2, 0) is 28.6 Å². The van der Waals surface area contributed by atoms with Crippen molar-refractivity contribution in [3.63, 3.8) is 0 Å². The van der Waals surface area contributed by atoms with E-state index in [9.17, 15) is 16.8 Å². The summed E-state index contributed by atoms with van der Waals surface area (Å²) in [5, 5.41) is 0. The van der Waals surface area contributed by atoms with Gasteiger partial charge in [-0.05, 0) is 56.4 Å². The molecule has 4 atom stereocenters. The largest absolute Gasteiger partial charge is 0.296 e. The van der Waals surface area contributed by atoms with E-state index in [0.717, 1.165) is 17.5 Å². The molecule has 2 aromatic carbocycles. The van der Waals surface area contributed by atoms with Crippen LogP contribution in [0.1, 0.15) is 31.4 Å². The van der Waals surface area contributed by atoms with Crippen molar-refractivity contribution in [2.45, 2.75) is 43.9 Å². The lowest BCUT2D eigenvalue weighted by molar-refractivity contribution is -0.0228. The Kier molecular flexibility index (Phi) is 6.10. The number of hydrogen-bond donors (Lipinski definition) is 0. The Morgan fingerprint density at radius 1 is 0.697 bits per heavy atom. The summed E-state index contributed by atoms with van der Waals surface area (Å²) in [5.74, 6) is 0.151. The van der Waals surface area contributed by atoms with Crippen LogP contribution in [0.4, 0.5) is 0 Å². The van der Waals surface area contributed by atoms with Gasteiger partial charge in [-0.15, -0.1) is 0 Å². The third-order valence-electron chi connectivity index (χ3n) is 7.67. The molecule has 1 saturated carbocycles. The molecule has 8 heteroatoms. The highest BCUT2D eigenvalue weighted by Gasteiger charge is 2.61. The second kappa shape index (κ2) is 8.34. The Labute approximate surface area is 196 Å². The van der Waals surface area contributed by atoms with Crippen molar-refractivity contribution in [2.24, 2.45) is 22.7 Å². The highest BCUT2D eigenvalue weighted by Crippen LogP contribution is 2.63. The first-order chi connectivity index (χ1) is 15.4. The standard InChI is InChI=1S/C25H30O6S2/c1-18-5-11-22(12-6-18)32(26,27)30-16-24(3)20-9-10-21(15-20)25(24,4)17-31-33(28,29)23-13-7-19(2)8-14-23/h5-14,20-21H,15-17H2,1-4H3. The van der Waals surface area contributed by atoms with Crippen LogP contribution in [0.5, 0.6) is 0 Å². The van der Waals surface area contributed by atoms with Gasteiger partial charge in [-0.2, -0.15) is 16.8 Å². The van der Waals surface area contributed by atoms with Crippen LogP contribution in [0.3, 0.4) is 0 Å². The first-order valence-electron chi connectivity index (χ1n) is 11.0. The average molecular weight is 491 g/mol. The Morgan fingerprint density at radius 2 is 1.03 bits per heavy atom. The van der Waals surface area contributed by atoms with Gasteiger partial charge in [0.05, 0.1) is 23.0 Å². The van der Waals surface area contributed by atoms with Gasteiger partial charge in [0.1, 0.15) is 0 Å². The van der Waals surface area contributed by atoms with Crippen LogP contribution in [0.25, 0.3) is 0 Å². The lowest BCUT2D eigenvalue weighted by Gasteiger charge is -2.46. The second-order valence-electron chi connectivity index (χ2n) is 9.73. The summed E-state index contributed by atoms with van der Waals surface area (Å²) >= 11 is 0. The van der Waals surface area contributed by atoms with E-state index in [2.05, 4.69) is 12.2 Å². The molecule has 0 saturated heterocycles. The van der Waals surface area contributed by atoms with Gasteiger partial charge in [-0.3, -0.25) is 8.37 Å². The molecule has 2 aromatic rings. The van der Waals surface area contributed by atoms with Gasteiger partial charge < -0.3 is 0 Å². The average Bonchev–Trinajstić information content (AvgIpc) is 3.34. The summed E-state index contributed by atoms with van der Waals surface area (Å²) in [6.07, 6.45) is 4.99. The lowest BCUT2D eigenvalue weighted by atomic mass is 9.60. The molecule has 2 aliphatic carbocycles. The number of hydrogen-bond acceptors (Lipinski definition) is 6. The molecule has 2 aliphatic rings. The number of fused-ring (bicyclic) bond motifs is 2. The fourth-order valence-electron chi connectivity index (χ4n) is 4.98. The summed E-state index contributed by atoms with van der Waals surface area (Å²) in [5.41, 5.74) is 0.678. The van der Waals surface area contributed by atoms with E-state index in [1.54, 1.807) is 24.3 Å². The van der Waals surface area contributed by atoms with Gasteiger partial charge in [-0.1, -0.05) is 61.4 Å². The monoisotopic (exact) mass is 490 g/mol. The first-order valence-corrected chi connectivity index (χ1v) is 13.8. The molecule has 0 amide bonds. The molecule has 1 fully saturated rings. The third-order valence-corrected chi connectivity index (χ3v) is 10.2. The van der Waals surface area contributed by atoms with Crippen LogP contribution in [0, 0.1) is 36.5 Å². The second-order valence-corrected chi connectivity index (χ2v) is 13.0. The predicted molar refractivity (Wildman–Crippen MR) is 126 cm³/mol. The number of allylic oxidation sites excluding steroid dienone is 2. The van der Waals surface area contributed by atoms with E-state index in [1.165, 1.54) is 24.3 Å². The highest BCUT2D eigenvalue weighted by molar-refractivity contribution is 7.87. The van der Waals surface area contributed by atoms with Gasteiger partial charge in [0.25, 0.3) is 20.2 Å². The SMILES string of the molecule is Cc1ccc(S(=O)(=O)OCC2(C)C3C=CC(C3)C2(C)COS(=O)(=O)c2ccc(C)cc2)cc1. The summed E-state index contributed by atoms with van der Waals surface area (Å²) in [6, 6.07) is 13.0. The molecule has 0 aliphatic heterocycles. The minimum atomic E-state index is -3.94. The maximum Gasteiger partial charge on any atom is 0.296 e. The first kappa shape index (κ1) is 24.1. The van der Waals surface area contributed by atoms with Gasteiger partial charge in [0, 0.05) is 10.8 Å². The molecule has 4 unspecified atom stereocenters. The van der Waals surface area contributed by atoms with Gasteiger partial charge in [0.15, 0.2) is 0 Å². The van der Waals surface area contributed by atoms with Gasteiger partial charge >= 0.3 is 0 Å². The molecule has 6 nitrogen and oxygen atoms in total. The molecule has 0 spiro atoms. The van der Waals surface area contributed by atoms with E-state index < -0.39 is 31.1 Å². The van der Waals surface area contributed by atoms with Crippen molar-refractivity contribution >= 4 is 20.2 Å². The third kappa shape index (κ3) is 4.30. The summed E-state index contributed by atoms with van der Waals surface area (Å²) in [6.45, 7) is 7.59. The molecule has 0 aromatic heterocycles. The molecule has 2 bridgehead atoms. The molecule has 0 heterocycles. The quantitative estimate of drug-likeness (QED) is 0.396. The van der Waals surface area contributed by atoms with Gasteiger partial charge in [0.2, 0.25) is 0 Å². The molecule has 33 heavy (non-hydrogen) atoms. The van der Waals surface area contributed by atoms with Crippen molar-refractivity contribution in [3.05, 3.63) is 71.8 Å². The Hall–Kier alpha value is -2.00. The summed E-state index contributed by atoms with van der Waals surface area (Å²) in [4.78, 5) is 0.214. The minimum absolute atomic E-state index is 0.0564. The van der Waals surface area contributed by atoms with Crippen molar-refractivity contribution in [2.75, 3.05) is 13.2 Å². The van der Waals surface area contributed by atoms with Crippen LogP contribution in [0.15, 0.2) is 70.5 Å². The van der Waals surface area contributed by atoms with Crippen LogP contribution in [0.2, 0.25) is 0 Å². The molecular weight excluding hydrogens is 460 g/mol. The highest BCUT2D eigenvalue weighted by atomic mass is 32.2. The number of rotatable bonds is 8. The number of benzene rings is 2. The van der Waals surface area contributed by atoms with Crippen LogP contribution < -0.4 is 0 Å². The van der Waals surface area contributed by atoms with E-state index in [0.29, 0.717) is 0 Å². The molecule has 0 radical (unpaired) electrons. The molecule has 4 rings (SSSR count). The molecule has 178 valence electrons. The van der Waals surface area contributed by atoms with Crippen molar-refractivity contribution in [1.82, 2.24) is 0 Å². The maximum absolute atomic E-state index is 12.8. The van der Waals surface area contributed by atoms with E-state index in [-0.39, 0.29) is 34.8 Å².